The zero-order valence-electron chi connectivity index (χ0n) is 13.0. The number of thioether (sulfide) groups is 1. The molecule has 0 aromatic heterocycles. The van der Waals surface area contributed by atoms with Gasteiger partial charge in [-0.1, -0.05) is 0 Å². The van der Waals surface area contributed by atoms with E-state index in [2.05, 4.69) is 21.5 Å². The molecule has 0 radical (unpaired) electrons. The number of aliphatic imine (C=N–C) groups is 1. The van der Waals surface area contributed by atoms with E-state index < -0.39 is 5.82 Å². The Kier molecular flexibility index (Phi) is 6.30. The minimum absolute atomic E-state index is 0.338. The number of anilines is 1. The minimum atomic E-state index is -0.409. The molecule has 4 nitrogen and oxygen atoms in total. The van der Waals surface area contributed by atoms with Gasteiger partial charge in [0.25, 0.3) is 0 Å². The molecule has 1 heterocycles. The molecule has 1 aliphatic heterocycles. The number of benzene rings is 1. The number of rotatable bonds is 4. The van der Waals surface area contributed by atoms with Crippen molar-refractivity contribution in [3.05, 3.63) is 29.8 Å². The van der Waals surface area contributed by atoms with Crippen molar-refractivity contribution in [2.75, 3.05) is 56.7 Å². The molecule has 122 valence electrons. The van der Waals surface area contributed by atoms with Crippen molar-refractivity contribution < 1.29 is 8.78 Å². The van der Waals surface area contributed by atoms with Crippen LogP contribution in [0, 0.1) is 11.6 Å². The van der Waals surface area contributed by atoms with Crippen LogP contribution in [0.4, 0.5) is 14.5 Å². The Morgan fingerprint density at radius 2 is 2.00 bits per heavy atom. The number of piperazine rings is 1. The Balaban J connectivity index is 1.93. The van der Waals surface area contributed by atoms with Crippen LogP contribution in [-0.4, -0.2) is 62.6 Å². The predicted molar refractivity (Wildman–Crippen MR) is 89.9 cm³/mol. The van der Waals surface area contributed by atoms with Crippen molar-refractivity contribution >= 4 is 23.4 Å². The molecular formula is C15H22F2N4S. The van der Waals surface area contributed by atoms with E-state index in [4.69, 9.17) is 0 Å². The van der Waals surface area contributed by atoms with Crippen molar-refractivity contribution in [2.45, 2.75) is 0 Å². The van der Waals surface area contributed by atoms with Gasteiger partial charge in [0.1, 0.15) is 11.6 Å². The van der Waals surface area contributed by atoms with Crippen molar-refractivity contribution in [3.8, 4) is 0 Å². The lowest BCUT2D eigenvalue weighted by molar-refractivity contribution is 0.371. The van der Waals surface area contributed by atoms with Crippen LogP contribution in [0.5, 0.6) is 0 Å². The molecule has 1 aliphatic rings. The largest absolute Gasteiger partial charge is 0.366 e. The first-order valence-electron chi connectivity index (χ1n) is 7.30. The lowest BCUT2D eigenvalue weighted by Gasteiger charge is -2.37. The topological polar surface area (TPSA) is 30.9 Å². The van der Waals surface area contributed by atoms with Gasteiger partial charge in [-0.05, 0) is 18.4 Å². The average Bonchev–Trinajstić information content (AvgIpc) is 2.54. The highest BCUT2D eigenvalue weighted by Gasteiger charge is 2.21. The predicted octanol–water partition coefficient (Wildman–Crippen LogP) is 2.03. The van der Waals surface area contributed by atoms with Gasteiger partial charge in [-0.3, -0.25) is 4.99 Å². The first-order chi connectivity index (χ1) is 10.7. The van der Waals surface area contributed by atoms with E-state index in [1.165, 1.54) is 12.1 Å². The van der Waals surface area contributed by atoms with E-state index in [1.807, 2.05) is 4.90 Å². The Morgan fingerprint density at radius 1 is 1.27 bits per heavy atom. The maximum atomic E-state index is 13.8. The normalized spacial score (nSPS) is 16.1. The van der Waals surface area contributed by atoms with Crippen LogP contribution < -0.4 is 10.2 Å². The standard InChI is InChI=1S/C15H22F2N4S/c1-18-15(19-5-10-22-2)21-8-6-20(7-9-21)14-11-12(16)3-4-13(14)17/h3-4,11H,5-10H2,1-2H3,(H,18,19). The summed E-state index contributed by atoms with van der Waals surface area (Å²) in [5.41, 5.74) is 0.338. The third-order valence-corrected chi connectivity index (χ3v) is 4.24. The molecule has 0 saturated carbocycles. The fourth-order valence-electron chi connectivity index (χ4n) is 2.48. The van der Waals surface area contributed by atoms with Gasteiger partial charge in [-0.25, -0.2) is 8.78 Å². The second-order valence-electron chi connectivity index (χ2n) is 5.04. The third-order valence-electron chi connectivity index (χ3n) is 3.63. The summed E-state index contributed by atoms with van der Waals surface area (Å²) in [5.74, 6) is 1.10. The maximum absolute atomic E-state index is 13.8. The number of nitrogens with zero attached hydrogens (tertiary/aromatic N) is 3. The van der Waals surface area contributed by atoms with Crippen molar-refractivity contribution in [1.82, 2.24) is 10.2 Å². The molecule has 0 bridgehead atoms. The molecule has 0 spiro atoms. The molecule has 0 unspecified atom stereocenters. The SMILES string of the molecule is CN=C(NCCSC)N1CCN(c2cc(F)ccc2F)CC1. The van der Waals surface area contributed by atoms with Gasteiger partial charge in [0, 0.05) is 51.6 Å². The lowest BCUT2D eigenvalue weighted by atomic mass is 10.2. The molecule has 0 amide bonds. The van der Waals surface area contributed by atoms with Gasteiger partial charge in [0.15, 0.2) is 5.96 Å². The molecule has 1 saturated heterocycles. The quantitative estimate of drug-likeness (QED) is 0.520. The molecule has 1 aromatic rings. The summed E-state index contributed by atoms with van der Waals surface area (Å²) in [6.07, 6.45) is 2.07. The number of hydrogen-bond donors (Lipinski definition) is 1. The van der Waals surface area contributed by atoms with Crippen LogP contribution in [0.2, 0.25) is 0 Å². The second kappa shape index (κ2) is 8.22. The first-order valence-corrected chi connectivity index (χ1v) is 8.69. The highest BCUT2D eigenvalue weighted by molar-refractivity contribution is 7.98. The summed E-state index contributed by atoms with van der Waals surface area (Å²) in [6, 6.07) is 3.59. The van der Waals surface area contributed by atoms with Crippen molar-refractivity contribution in [2.24, 2.45) is 4.99 Å². The van der Waals surface area contributed by atoms with Gasteiger partial charge >= 0.3 is 0 Å². The zero-order chi connectivity index (χ0) is 15.9. The van der Waals surface area contributed by atoms with Crippen molar-refractivity contribution in [1.29, 1.82) is 0 Å². The second-order valence-corrected chi connectivity index (χ2v) is 6.02. The Labute approximate surface area is 134 Å². The lowest BCUT2D eigenvalue weighted by Crippen LogP contribution is -2.53. The monoisotopic (exact) mass is 328 g/mol. The number of hydrogen-bond acceptors (Lipinski definition) is 3. The number of guanidine groups is 1. The summed E-state index contributed by atoms with van der Waals surface area (Å²) in [4.78, 5) is 8.31. The Bertz CT molecular complexity index is 516. The summed E-state index contributed by atoms with van der Waals surface area (Å²) in [6.45, 7) is 3.61. The highest BCUT2D eigenvalue weighted by Crippen LogP contribution is 2.21. The summed E-state index contributed by atoms with van der Waals surface area (Å²) in [5, 5.41) is 3.32. The molecule has 1 N–H and O–H groups in total. The van der Waals surface area contributed by atoms with Crippen LogP contribution in [0.3, 0.4) is 0 Å². The summed E-state index contributed by atoms with van der Waals surface area (Å²) in [7, 11) is 1.76. The van der Waals surface area contributed by atoms with Crippen molar-refractivity contribution in [3.63, 3.8) is 0 Å². The first kappa shape index (κ1) is 16.9. The van der Waals surface area contributed by atoms with E-state index in [9.17, 15) is 8.78 Å². The van der Waals surface area contributed by atoms with Gasteiger partial charge < -0.3 is 15.1 Å². The molecule has 2 rings (SSSR count). The average molecular weight is 328 g/mol. The smallest absolute Gasteiger partial charge is 0.193 e. The van der Waals surface area contributed by atoms with Crippen LogP contribution in [0.15, 0.2) is 23.2 Å². The van der Waals surface area contributed by atoms with Crippen LogP contribution in [0.1, 0.15) is 0 Å². The van der Waals surface area contributed by atoms with Gasteiger partial charge in [-0.15, -0.1) is 0 Å². The van der Waals surface area contributed by atoms with Crippen LogP contribution in [0.25, 0.3) is 0 Å². The molecule has 1 aromatic carbocycles. The van der Waals surface area contributed by atoms with Gasteiger partial charge in [0.05, 0.1) is 5.69 Å². The Morgan fingerprint density at radius 3 is 2.64 bits per heavy atom. The number of halogens is 2. The zero-order valence-corrected chi connectivity index (χ0v) is 13.8. The fourth-order valence-corrected chi connectivity index (χ4v) is 2.79. The van der Waals surface area contributed by atoms with Gasteiger partial charge in [-0.2, -0.15) is 11.8 Å². The Hall–Kier alpha value is -1.50. The summed E-state index contributed by atoms with van der Waals surface area (Å²) < 4.78 is 27.1. The van der Waals surface area contributed by atoms with Gasteiger partial charge in [0.2, 0.25) is 0 Å². The van der Waals surface area contributed by atoms with E-state index in [0.29, 0.717) is 18.8 Å². The van der Waals surface area contributed by atoms with E-state index >= 15 is 0 Å². The van der Waals surface area contributed by atoms with E-state index in [0.717, 1.165) is 37.4 Å². The van der Waals surface area contributed by atoms with Crippen LogP contribution >= 0.6 is 11.8 Å². The molecule has 1 fully saturated rings. The summed E-state index contributed by atoms with van der Waals surface area (Å²) >= 11 is 1.78. The molecular weight excluding hydrogens is 306 g/mol. The molecule has 0 aliphatic carbocycles. The van der Waals surface area contributed by atoms with E-state index in [-0.39, 0.29) is 5.82 Å². The third kappa shape index (κ3) is 4.25. The fraction of sp³-hybridized carbons (Fsp3) is 0.533. The highest BCUT2D eigenvalue weighted by atomic mass is 32.2. The molecule has 7 heteroatoms. The van der Waals surface area contributed by atoms with E-state index in [1.54, 1.807) is 18.8 Å². The molecule has 0 atom stereocenters. The maximum Gasteiger partial charge on any atom is 0.193 e. The molecule has 22 heavy (non-hydrogen) atoms. The minimum Gasteiger partial charge on any atom is -0.366 e. The van der Waals surface area contributed by atoms with Crippen LogP contribution in [-0.2, 0) is 0 Å². The number of nitrogens with one attached hydrogen (secondary N) is 1.